The Hall–Kier alpha value is -3.54. The number of amides is 1. The molecule has 1 saturated heterocycles. The first-order valence-electron chi connectivity index (χ1n) is 12.1. The van der Waals surface area contributed by atoms with Crippen LogP contribution in [0.1, 0.15) is 21.5 Å². The standard InChI is InChI=1S/C27H30FN3O6S/c1-35-24-14-21(16-29-18-24)19-38(33,34)26-7-6-23(37-13-10-31-8-11-36-12-9-31)15-25(26)27(32)30-17-20-2-4-22(28)5-3-20/h2-7,14-16,18H,8-13,17,19H2,1H3,(H,30,32). The van der Waals surface area contributed by atoms with Gasteiger partial charge in [0.05, 0.1) is 42.7 Å². The van der Waals surface area contributed by atoms with Gasteiger partial charge in [-0.05, 0) is 47.5 Å². The molecule has 1 N–H and O–H groups in total. The number of aromatic nitrogens is 1. The third-order valence-corrected chi connectivity index (χ3v) is 7.78. The van der Waals surface area contributed by atoms with E-state index in [-0.39, 0.29) is 28.6 Å². The molecule has 0 spiro atoms. The number of nitrogens with zero attached hydrogens (tertiary/aromatic N) is 2. The zero-order valence-electron chi connectivity index (χ0n) is 21.1. The lowest BCUT2D eigenvalue weighted by Crippen LogP contribution is -2.38. The first-order chi connectivity index (χ1) is 18.3. The summed E-state index contributed by atoms with van der Waals surface area (Å²) in [4.78, 5) is 19.3. The van der Waals surface area contributed by atoms with E-state index in [1.165, 1.54) is 43.8 Å². The number of hydrogen-bond donors (Lipinski definition) is 1. The third kappa shape index (κ3) is 7.50. The van der Waals surface area contributed by atoms with Gasteiger partial charge in [0.1, 0.15) is 23.9 Å². The summed E-state index contributed by atoms with van der Waals surface area (Å²) in [6, 6.07) is 11.7. The summed E-state index contributed by atoms with van der Waals surface area (Å²) >= 11 is 0. The summed E-state index contributed by atoms with van der Waals surface area (Å²) in [7, 11) is -2.47. The minimum Gasteiger partial charge on any atom is -0.495 e. The molecule has 1 amide bonds. The molecule has 0 bridgehead atoms. The number of carbonyl (C=O) groups excluding carboxylic acids is 1. The van der Waals surface area contributed by atoms with E-state index in [0.29, 0.717) is 49.0 Å². The summed E-state index contributed by atoms with van der Waals surface area (Å²) in [5.74, 6) is -0.531. The first kappa shape index (κ1) is 27.5. The highest BCUT2D eigenvalue weighted by molar-refractivity contribution is 7.90. The number of methoxy groups -OCH3 is 1. The van der Waals surface area contributed by atoms with Crippen molar-refractivity contribution in [1.82, 2.24) is 15.2 Å². The molecule has 9 nitrogen and oxygen atoms in total. The number of carbonyl (C=O) groups is 1. The van der Waals surface area contributed by atoms with Crippen LogP contribution in [0.3, 0.4) is 0 Å². The number of sulfone groups is 1. The van der Waals surface area contributed by atoms with Crippen LogP contribution in [0.2, 0.25) is 0 Å². The topological polar surface area (TPSA) is 107 Å². The second kappa shape index (κ2) is 12.8. The van der Waals surface area contributed by atoms with Crippen molar-refractivity contribution in [3.63, 3.8) is 0 Å². The molecule has 0 aliphatic carbocycles. The van der Waals surface area contributed by atoms with E-state index >= 15 is 0 Å². The number of morpholine rings is 1. The van der Waals surface area contributed by atoms with Crippen molar-refractivity contribution in [1.29, 1.82) is 0 Å². The van der Waals surface area contributed by atoms with Crippen molar-refractivity contribution in [3.8, 4) is 11.5 Å². The van der Waals surface area contributed by atoms with Gasteiger partial charge in [0.2, 0.25) is 0 Å². The van der Waals surface area contributed by atoms with Crippen LogP contribution in [0.4, 0.5) is 4.39 Å². The molecular weight excluding hydrogens is 513 g/mol. The Balaban J connectivity index is 1.55. The van der Waals surface area contributed by atoms with Crippen LogP contribution in [0.25, 0.3) is 0 Å². The quantitative estimate of drug-likeness (QED) is 0.394. The summed E-state index contributed by atoms with van der Waals surface area (Å²) in [5, 5.41) is 2.73. The smallest absolute Gasteiger partial charge is 0.253 e. The van der Waals surface area contributed by atoms with E-state index in [0.717, 1.165) is 13.1 Å². The largest absolute Gasteiger partial charge is 0.495 e. The van der Waals surface area contributed by atoms with E-state index in [1.807, 2.05) is 0 Å². The monoisotopic (exact) mass is 543 g/mol. The summed E-state index contributed by atoms with van der Waals surface area (Å²) in [5.41, 5.74) is 1.06. The van der Waals surface area contributed by atoms with Crippen LogP contribution < -0.4 is 14.8 Å². The van der Waals surface area contributed by atoms with E-state index in [1.54, 1.807) is 24.3 Å². The molecular formula is C27H30FN3O6S. The average molecular weight is 544 g/mol. The number of nitrogens with one attached hydrogen (secondary N) is 1. The van der Waals surface area contributed by atoms with Crippen LogP contribution in [-0.2, 0) is 26.9 Å². The van der Waals surface area contributed by atoms with Gasteiger partial charge in [-0.2, -0.15) is 0 Å². The molecule has 0 atom stereocenters. The fourth-order valence-electron chi connectivity index (χ4n) is 4.00. The molecule has 3 aromatic rings. The van der Waals surface area contributed by atoms with Gasteiger partial charge in [0.15, 0.2) is 9.84 Å². The zero-order chi connectivity index (χ0) is 27.0. The van der Waals surface area contributed by atoms with E-state index in [4.69, 9.17) is 14.2 Å². The van der Waals surface area contributed by atoms with Gasteiger partial charge in [0, 0.05) is 32.4 Å². The second-order valence-electron chi connectivity index (χ2n) is 8.76. The molecule has 1 aliphatic rings. The van der Waals surface area contributed by atoms with E-state index in [2.05, 4.69) is 15.2 Å². The SMILES string of the molecule is COc1cncc(CS(=O)(=O)c2ccc(OCCN3CCOCC3)cc2C(=O)NCc2ccc(F)cc2)c1. The summed E-state index contributed by atoms with van der Waals surface area (Å²) in [6.45, 7) is 4.13. The van der Waals surface area contributed by atoms with Crippen molar-refractivity contribution in [3.05, 3.63) is 83.4 Å². The van der Waals surface area contributed by atoms with Gasteiger partial charge in [-0.15, -0.1) is 0 Å². The predicted octanol–water partition coefficient (Wildman–Crippen LogP) is 2.84. The number of benzene rings is 2. The van der Waals surface area contributed by atoms with E-state index < -0.39 is 15.7 Å². The Morgan fingerprint density at radius 2 is 1.82 bits per heavy atom. The van der Waals surface area contributed by atoms with Gasteiger partial charge in [-0.3, -0.25) is 14.7 Å². The normalized spacial score (nSPS) is 14.2. The van der Waals surface area contributed by atoms with Crippen molar-refractivity contribution in [2.45, 2.75) is 17.2 Å². The number of rotatable bonds is 11. The maximum atomic E-state index is 13.4. The lowest BCUT2D eigenvalue weighted by Gasteiger charge is -2.26. The molecule has 1 aliphatic heterocycles. The van der Waals surface area contributed by atoms with Crippen LogP contribution >= 0.6 is 0 Å². The highest BCUT2D eigenvalue weighted by Gasteiger charge is 2.24. The third-order valence-electron chi connectivity index (χ3n) is 6.04. The van der Waals surface area contributed by atoms with Crippen LogP contribution in [0, 0.1) is 5.82 Å². The van der Waals surface area contributed by atoms with Gasteiger partial charge < -0.3 is 19.5 Å². The van der Waals surface area contributed by atoms with Crippen molar-refractivity contribution < 1.29 is 31.8 Å². The maximum absolute atomic E-state index is 13.4. The molecule has 2 heterocycles. The molecule has 0 radical (unpaired) electrons. The summed E-state index contributed by atoms with van der Waals surface area (Å²) in [6.07, 6.45) is 2.92. The van der Waals surface area contributed by atoms with Gasteiger partial charge >= 0.3 is 0 Å². The second-order valence-corrected chi connectivity index (χ2v) is 10.7. The highest BCUT2D eigenvalue weighted by atomic mass is 32.2. The maximum Gasteiger partial charge on any atom is 0.253 e. The molecule has 38 heavy (non-hydrogen) atoms. The Labute approximate surface area is 221 Å². The lowest BCUT2D eigenvalue weighted by atomic mass is 10.1. The predicted molar refractivity (Wildman–Crippen MR) is 138 cm³/mol. The van der Waals surface area contributed by atoms with Gasteiger partial charge in [-0.1, -0.05) is 12.1 Å². The molecule has 0 unspecified atom stereocenters. The zero-order valence-corrected chi connectivity index (χ0v) is 21.9. The minimum absolute atomic E-state index is 0.0353. The molecule has 2 aromatic carbocycles. The fraction of sp³-hybridized carbons (Fsp3) is 0.333. The van der Waals surface area contributed by atoms with Crippen LogP contribution in [0.5, 0.6) is 11.5 Å². The number of halogens is 1. The molecule has 1 fully saturated rings. The number of hydrogen-bond acceptors (Lipinski definition) is 8. The van der Waals surface area contributed by atoms with Gasteiger partial charge in [-0.25, -0.2) is 12.8 Å². The number of pyridine rings is 1. The Morgan fingerprint density at radius 3 is 2.55 bits per heavy atom. The van der Waals surface area contributed by atoms with Crippen LogP contribution in [-0.4, -0.2) is 70.8 Å². The molecule has 1 aromatic heterocycles. The van der Waals surface area contributed by atoms with Crippen molar-refractivity contribution in [2.24, 2.45) is 0 Å². The lowest BCUT2D eigenvalue weighted by molar-refractivity contribution is 0.0322. The Bertz CT molecular complexity index is 1350. The van der Waals surface area contributed by atoms with Crippen molar-refractivity contribution >= 4 is 15.7 Å². The average Bonchev–Trinajstić information content (AvgIpc) is 2.93. The Kier molecular flexibility index (Phi) is 9.27. The molecule has 202 valence electrons. The summed E-state index contributed by atoms with van der Waals surface area (Å²) < 4.78 is 56.4. The molecule has 0 saturated carbocycles. The molecule has 11 heteroatoms. The fourth-order valence-corrected chi connectivity index (χ4v) is 5.51. The Morgan fingerprint density at radius 1 is 1.05 bits per heavy atom. The van der Waals surface area contributed by atoms with E-state index in [9.17, 15) is 17.6 Å². The van der Waals surface area contributed by atoms with Crippen molar-refractivity contribution in [2.75, 3.05) is 46.6 Å². The van der Waals surface area contributed by atoms with Gasteiger partial charge in [0.25, 0.3) is 5.91 Å². The molecule has 4 rings (SSSR count). The van der Waals surface area contributed by atoms with Crippen LogP contribution in [0.15, 0.2) is 65.8 Å². The number of ether oxygens (including phenoxy) is 3. The first-order valence-corrected chi connectivity index (χ1v) is 13.8. The minimum atomic E-state index is -3.94. The highest BCUT2D eigenvalue weighted by Crippen LogP contribution is 2.26.